The molecular formula is C14H17Cl2NO4. The number of halogens is 2. The van der Waals surface area contributed by atoms with Crippen molar-refractivity contribution in [2.75, 3.05) is 13.7 Å². The van der Waals surface area contributed by atoms with Crippen LogP contribution in [0.1, 0.15) is 31.1 Å². The van der Waals surface area contributed by atoms with Gasteiger partial charge in [-0.05, 0) is 32.9 Å². The average Bonchev–Trinajstić information content (AvgIpc) is 2.33. The third kappa shape index (κ3) is 4.25. The molecule has 116 valence electrons. The Morgan fingerprint density at radius 2 is 1.71 bits per heavy atom. The van der Waals surface area contributed by atoms with Crippen molar-refractivity contribution in [2.45, 2.75) is 26.3 Å². The van der Waals surface area contributed by atoms with E-state index in [1.165, 1.54) is 24.1 Å². The van der Waals surface area contributed by atoms with Crippen LogP contribution in [0.5, 0.6) is 5.75 Å². The molecule has 0 aromatic heterocycles. The molecule has 0 aliphatic heterocycles. The van der Waals surface area contributed by atoms with Gasteiger partial charge in [-0.25, -0.2) is 0 Å². The van der Waals surface area contributed by atoms with E-state index in [2.05, 4.69) is 0 Å². The van der Waals surface area contributed by atoms with Crippen molar-refractivity contribution in [2.24, 2.45) is 0 Å². The van der Waals surface area contributed by atoms with Crippen molar-refractivity contribution < 1.29 is 19.4 Å². The topological polar surface area (TPSA) is 66.8 Å². The molecule has 1 N–H and O–H groups in total. The quantitative estimate of drug-likeness (QED) is 0.917. The maximum Gasteiger partial charge on any atom is 0.323 e. The van der Waals surface area contributed by atoms with E-state index in [9.17, 15) is 9.59 Å². The monoisotopic (exact) mass is 333 g/mol. The first-order valence-electron chi connectivity index (χ1n) is 6.14. The Bertz CT molecular complexity index is 544. The van der Waals surface area contributed by atoms with Crippen LogP contribution >= 0.6 is 23.2 Å². The molecule has 0 radical (unpaired) electrons. The molecule has 0 saturated heterocycles. The minimum absolute atomic E-state index is 0.192. The molecule has 0 bridgehead atoms. The van der Waals surface area contributed by atoms with Gasteiger partial charge in [0.2, 0.25) is 0 Å². The third-order valence-electron chi connectivity index (χ3n) is 2.80. The lowest BCUT2D eigenvalue weighted by Gasteiger charge is -2.34. The molecule has 0 spiro atoms. The largest absolute Gasteiger partial charge is 0.494 e. The number of amides is 1. The van der Waals surface area contributed by atoms with Crippen molar-refractivity contribution in [3.8, 4) is 5.75 Å². The van der Waals surface area contributed by atoms with E-state index in [1.807, 2.05) is 0 Å². The molecule has 0 aliphatic carbocycles. The van der Waals surface area contributed by atoms with Crippen molar-refractivity contribution >= 4 is 35.1 Å². The van der Waals surface area contributed by atoms with Gasteiger partial charge in [-0.2, -0.15) is 0 Å². The number of rotatable bonds is 4. The summed E-state index contributed by atoms with van der Waals surface area (Å²) in [5.41, 5.74) is -0.448. The first kappa shape index (κ1) is 17.6. The second-order valence-corrected chi connectivity index (χ2v) is 6.24. The summed E-state index contributed by atoms with van der Waals surface area (Å²) in [5, 5.41) is 9.35. The number of nitrogens with zero attached hydrogens (tertiary/aromatic N) is 1. The van der Waals surface area contributed by atoms with Gasteiger partial charge in [0, 0.05) is 11.1 Å². The fourth-order valence-electron chi connectivity index (χ4n) is 1.78. The lowest BCUT2D eigenvalue weighted by atomic mass is 10.0. The number of hydrogen-bond donors (Lipinski definition) is 1. The van der Waals surface area contributed by atoms with Crippen molar-refractivity contribution in [3.05, 3.63) is 27.7 Å². The molecule has 1 aromatic rings. The molecule has 0 heterocycles. The second-order valence-electron chi connectivity index (χ2n) is 5.43. The van der Waals surface area contributed by atoms with Crippen LogP contribution in [0.15, 0.2) is 12.1 Å². The number of carboxylic acid groups (broad SMARTS) is 1. The van der Waals surface area contributed by atoms with E-state index in [0.29, 0.717) is 0 Å². The number of carboxylic acids is 1. The molecular weight excluding hydrogens is 317 g/mol. The van der Waals surface area contributed by atoms with Crippen LogP contribution in [0.3, 0.4) is 0 Å². The number of benzene rings is 1. The molecule has 1 amide bonds. The maximum atomic E-state index is 12.5. The van der Waals surface area contributed by atoms with E-state index in [-0.39, 0.29) is 21.4 Å². The number of hydrogen-bond acceptors (Lipinski definition) is 3. The summed E-state index contributed by atoms with van der Waals surface area (Å²) in [6.45, 7) is 4.84. The Balaban J connectivity index is 3.24. The number of methoxy groups -OCH3 is 1. The summed E-state index contributed by atoms with van der Waals surface area (Å²) < 4.78 is 5.02. The van der Waals surface area contributed by atoms with Crippen LogP contribution in [-0.4, -0.2) is 41.1 Å². The Labute approximate surface area is 133 Å². The maximum absolute atomic E-state index is 12.5. The number of carbonyl (C=O) groups is 2. The summed E-state index contributed by atoms with van der Waals surface area (Å²) in [6.07, 6.45) is 0. The van der Waals surface area contributed by atoms with Crippen LogP contribution in [0, 0.1) is 0 Å². The smallest absolute Gasteiger partial charge is 0.323 e. The summed E-state index contributed by atoms with van der Waals surface area (Å²) in [4.78, 5) is 24.7. The molecule has 1 rings (SSSR count). The van der Waals surface area contributed by atoms with Crippen LogP contribution in [0.4, 0.5) is 0 Å². The van der Waals surface area contributed by atoms with E-state index >= 15 is 0 Å². The van der Waals surface area contributed by atoms with Gasteiger partial charge in [-0.1, -0.05) is 23.2 Å². The third-order valence-corrected chi connectivity index (χ3v) is 3.36. The van der Waals surface area contributed by atoms with Crippen LogP contribution < -0.4 is 4.74 Å². The van der Waals surface area contributed by atoms with Gasteiger partial charge in [-0.15, -0.1) is 0 Å². The number of aliphatic carboxylic acids is 1. The Kier molecular flexibility index (Phi) is 5.48. The highest BCUT2D eigenvalue weighted by atomic mass is 35.5. The first-order valence-corrected chi connectivity index (χ1v) is 6.90. The molecule has 0 unspecified atom stereocenters. The van der Waals surface area contributed by atoms with Gasteiger partial charge < -0.3 is 14.7 Å². The molecule has 5 nitrogen and oxygen atoms in total. The molecule has 0 aliphatic rings. The molecule has 21 heavy (non-hydrogen) atoms. The normalized spacial score (nSPS) is 11.1. The van der Waals surface area contributed by atoms with Crippen LogP contribution in [-0.2, 0) is 4.79 Å². The lowest BCUT2D eigenvalue weighted by molar-refractivity contribution is -0.138. The fourth-order valence-corrected chi connectivity index (χ4v) is 2.42. The van der Waals surface area contributed by atoms with Crippen molar-refractivity contribution in [3.63, 3.8) is 0 Å². The van der Waals surface area contributed by atoms with Gasteiger partial charge >= 0.3 is 5.97 Å². The van der Waals surface area contributed by atoms with Crippen molar-refractivity contribution in [1.29, 1.82) is 0 Å². The van der Waals surface area contributed by atoms with Crippen LogP contribution in [0.25, 0.3) is 0 Å². The highest BCUT2D eigenvalue weighted by Gasteiger charge is 2.30. The lowest BCUT2D eigenvalue weighted by Crippen LogP contribution is -2.48. The highest BCUT2D eigenvalue weighted by Crippen LogP contribution is 2.34. The molecule has 7 heteroatoms. The first-order chi connectivity index (χ1) is 9.57. The predicted molar refractivity (Wildman–Crippen MR) is 81.4 cm³/mol. The highest BCUT2D eigenvalue weighted by molar-refractivity contribution is 6.37. The van der Waals surface area contributed by atoms with E-state index in [1.54, 1.807) is 20.8 Å². The zero-order valence-corrected chi connectivity index (χ0v) is 13.7. The molecule has 0 fully saturated rings. The van der Waals surface area contributed by atoms with Gasteiger partial charge in [0.05, 0.1) is 17.2 Å². The second kappa shape index (κ2) is 6.54. The Morgan fingerprint density at radius 3 is 2.05 bits per heavy atom. The minimum atomic E-state index is -1.09. The average molecular weight is 334 g/mol. The predicted octanol–water partition coefficient (Wildman–Crippen LogP) is 3.33. The van der Waals surface area contributed by atoms with Crippen LogP contribution in [0.2, 0.25) is 10.0 Å². The van der Waals surface area contributed by atoms with Gasteiger partial charge in [0.1, 0.15) is 6.54 Å². The van der Waals surface area contributed by atoms with E-state index in [0.717, 1.165) is 0 Å². The Morgan fingerprint density at radius 1 is 1.24 bits per heavy atom. The summed E-state index contributed by atoms with van der Waals surface area (Å²) in [6, 6.07) is 2.82. The van der Waals surface area contributed by atoms with Gasteiger partial charge in [-0.3, -0.25) is 9.59 Å². The summed E-state index contributed by atoms with van der Waals surface area (Å²) in [5.74, 6) is -1.28. The van der Waals surface area contributed by atoms with E-state index in [4.69, 9.17) is 33.0 Å². The number of ether oxygens (including phenoxy) is 1. The number of carbonyl (C=O) groups excluding carboxylic acids is 1. The minimum Gasteiger partial charge on any atom is -0.494 e. The zero-order chi connectivity index (χ0) is 16.4. The zero-order valence-electron chi connectivity index (χ0n) is 12.2. The van der Waals surface area contributed by atoms with E-state index < -0.39 is 24.0 Å². The standard InChI is InChI=1S/C14H17Cl2NO4/c1-14(2,3)17(7-11(18)19)13(20)8-5-9(15)12(21-4)10(16)6-8/h5-6H,7H2,1-4H3,(H,18,19). The molecule has 1 aromatic carbocycles. The molecule has 0 saturated carbocycles. The van der Waals surface area contributed by atoms with Gasteiger partial charge in [0.15, 0.2) is 5.75 Å². The van der Waals surface area contributed by atoms with Crippen molar-refractivity contribution in [1.82, 2.24) is 4.90 Å². The SMILES string of the molecule is COc1c(Cl)cc(C(=O)N(CC(=O)O)C(C)(C)C)cc1Cl. The summed E-state index contributed by atoms with van der Waals surface area (Å²) in [7, 11) is 1.42. The summed E-state index contributed by atoms with van der Waals surface area (Å²) >= 11 is 12.0. The fraction of sp³-hybridized carbons (Fsp3) is 0.429. The van der Waals surface area contributed by atoms with Gasteiger partial charge in [0.25, 0.3) is 5.91 Å². The Hall–Kier alpha value is -1.46. The molecule has 0 atom stereocenters.